The van der Waals surface area contributed by atoms with Crippen molar-refractivity contribution in [3.05, 3.63) is 72.6 Å². The maximum atomic E-state index is 12.4. The van der Waals surface area contributed by atoms with Crippen molar-refractivity contribution in [3.63, 3.8) is 0 Å². The van der Waals surface area contributed by atoms with Gasteiger partial charge in [0.15, 0.2) is 0 Å². The first-order valence-electron chi connectivity index (χ1n) is 7.03. The molecule has 4 heteroatoms. The molecule has 0 saturated heterocycles. The lowest BCUT2D eigenvalue weighted by Gasteiger charge is -2.06. The Bertz CT molecular complexity index is 988. The molecular formula is C18H13N3O. The lowest BCUT2D eigenvalue weighted by atomic mass is 10.1. The minimum Gasteiger partial charge on any atom is -0.361 e. The molecule has 22 heavy (non-hydrogen) atoms. The van der Waals surface area contributed by atoms with E-state index in [2.05, 4.69) is 15.3 Å². The number of aromatic amines is 1. The molecule has 4 nitrogen and oxygen atoms in total. The van der Waals surface area contributed by atoms with E-state index in [0.29, 0.717) is 11.3 Å². The van der Waals surface area contributed by atoms with Gasteiger partial charge in [-0.05, 0) is 36.4 Å². The van der Waals surface area contributed by atoms with E-state index in [4.69, 9.17) is 0 Å². The highest BCUT2D eigenvalue weighted by Crippen LogP contribution is 2.18. The van der Waals surface area contributed by atoms with Crippen molar-refractivity contribution in [3.8, 4) is 0 Å². The van der Waals surface area contributed by atoms with Crippen molar-refractivity contribution < 1.29 is 4.79 Å². The third-order valence-electron chi connectivity index (χ3n) is 3.66. The van der Waals surface area contributed by atoms with Crippen LogP contribution in [0.3, 0.4) is 0 Å². The molecule has 0 spiro atoms. The van der Waals surface area contributed by atoms with Gasteiger partial charge in [0.1, 0.15) is 0 Å². The Morgan fingerprint density at radius 1 is 1.00 bits per heavy atom. The number of para-hydroxylation sites is 1. The Hall–Kier alpha value is -3.14. The average Bonchev–Trinajstić information content (AvgIpc) is 3.02. The van der Waals surface area contributed by atoms with E-state index in [-0.39, 0.29) is 5.91 Å². The van der Waals surface area contributed by atoms with Crippen LogP contribution in [0.15, 0.2) is 67.0 Å². The number of carbonyl (C=O) groups excluding carboxylic acids is 1. The number of aromatic nitrogens is 2. The SMILES string of the molecule is O=C(Nc1cnc2ccccc2c1)c1ccc2[nH]ccc2c1. The van der Waals surface area contributed by atoms with Crippen LogP contribution >= 0.6 is 0 Å². The number of carbonyl (C=O) groups is 1. The van der Waals surface area contributed by atoms with Gasteiger partial charge in [-0.15, -0.1) is 0 Å². The summed E-state index contributed by atoms with van der Waals surface area (Å²) in [6.07, 6.45) is 3.54. The molecular weight excluding hydrogens is 274 g/mol. The van der Waals surface area contributed by atoms with Crippen LogP contribution in [0.4, 0.5) is 5.69 Å². The molecule has 0 aliphatic rings. The molecule has 2 aromatic heterocycles. The van der Waals surface area contributed by atoms with E-state index in [0.717, 1.165) is 21.8 Å². The predicted molar refractivity (Wildman–Crippen MR) is 88.0 cm³/mol. The average molecular weight is 287 g/mol. The summed E-state index contributed by atoms with van der Waals surface area (Å²) >= 11 is 0. The van der Waals surface area contributed by atoms with Crippen molar-refractivity contribution in [2.75, 3.05) is 5.32 Å². The van der Waals surface area contributed by atoms with E-state index < -0.39 is 0 Å². The first-order chi connectivity index (χ1) is 10.8. The Kier molecular flexibility index (Phi) is 2.86. The van der Waals surface area contributed by atoms with Gasteiger partial charge in [-0.2, -0.15) is 0 Å². The van der Waals surface area contributed by atoms with Gasteiger partial charge in [0.2, 0.25) is 0 Å². The monoisotopic (exact) mass is 287 g/mol. The Morgan fingerprint density at radius 3 is 2.86 bits per heavy atom. The molecule has 0 atom stereocenters. The smallest absolute Gasteiger partial charge is 0.255 e. The number of fused-ring (bicyclic) bond motifs is 2. The predicted octanol–water partition coefficient (Wildman–Crippen LogP) is 3.97. The summed E-state index contributed by atoms with van der Waals surface area (Å²) in [6.45, 7) is 0. The van der Waals surface area contributed by atoms with Gasteiger partial charge in [0, 0.05) is 28.0 Å². The largest absolute Gasteiger partial charge is 0.361 e. The molecule has 4 aromatic rings. The zero-order valence-electron chi connectivity index (χ0n) is 11.7. The van der Waals surface area contributed by atoms with Gasteiger partial charge in [-0.25, -0.2) is 0 Å². The number of hydrogen-bond donors (Lipinski definition) is 2. The van der Waals surface area contributed by atoms with Crippen molar-refractivity contribution in [2.45, 2.75) is 0 Å². The molecule has 0 aliphatic carbocycles. The second-order valence-electron chi connectivity index (χ2n) is 5.15. The van der Waals surface area contributed by atoms with Crippen molar-refractivity contribution in [1.82, 2.24) is 9.97 Å². The summed E-state index contributed by atoms with van der Waals surface area (Å²) in [5.41, 5.74) is 3.25. The number of rotatable bonds is 2. The van der Waals surface area contributed by atoms with E-state index in [1.807, 2.05) is 60.8 Å². The molecule has 2 aromatic carbocycles. The van der Waals surface area contributed by atoms with Crippen molar-refractivity contribution >= 4 is 33.4 Å². The lowest BCUT2D eigenvalue weighted by Crippen LogP contribution is -2.11. The second-order valence-corrected chi connectivity index (χ2v) is 5.15. The van der Waals surface area contributed by atoms with Crippen molar-refractivity contribution in [2.24, 2.45) is 0 Å². The zero-order valence-corrected chi connectivity index (χ0v) is 11.7. The van der Waals surface area contributed by atoms with Crippen LogP contribution in [0.2, 0.25) is 0 Å². The second kappa shape index (κ2) is 5.00. The van der Waals surface area contributed by atoms with E-state index in [9.17, 15) is 4.79 Å². The standard InChI is InChI=1S/C18H13N3O/c22-18(14-5-6-17-13(9-14)7-8-19-17)21-15-10-12-3-1-2-4-16(12)20-11-15/h1-11,19H,(H,21,22). The summed E-state index contributed by atoms with van der Waals surface area (Å²) < 4.78 is 0. The van der Waals surface area contributed by atoms with Crippen LogP contribution in [0.5, 0.6) is 0 Å². The van der Waals surface area contributed by atoms with E-state index in [1.165, 1.54) is 0 Å². The molecule has 1 amide bonds. The summed E-state index contributed by atoms with van der Waals surface area (Å²) in [5.74, 6) is -0.139. The summed E-state index contributed by atoms with van der Waals surface area (Å²) in [7, 11) is 0. The fourth-order valence-corrected chi connectivity index (χ4v) is 2.54. The first kappa shape index (κ1) is 12.6. The van der Waals surface area contributed by atoms with Gasteiger partial charge in [-0.1, -0.05) is 18.2 Å². The maximum absolute atomic E-state index is 12.4. The van der Waals surface area contributed by atoms with E-state index >= 15 is 0 Å². The Balaban J connectivity index is 1.64. The fourth-order valence-electron chi connectivity index (χ4n) is 2.54. The summed E-state index contributed by atoms with van der Waals surface area (Å²) in [4.78, 5) is 19.8. The van der Waals surface area contributed by atoms with Gasteiger partial charge >= 0.3 is 0 Å². The summed E-state index contributed by atoms with van der Waals surface area (Å²) in [5, 5.41) is 4.91. The molecule has 0 aliphatic heterocycles. The number of amides is 1. The minimum absolute atomic E-state index is 0.139. The van der Waals surface area contributed by atoms with Gasteiger partial charge in [0.25, 0.3) is 5.91 Å². The molecule has 0 saturated carbocycles. The zero-order chi connectivity index (χ0) is 14.9. The number of pyridine rings is 1. The number of hydrogen-bond acceptors (Lipinski definition) is 2. The van der Waals surface area contributed by atoms with Crippen LogP contribution < -0.4 is 5.32 Å². The number of anilines is 1. The molecule has 0 bridgehead atoms. The molecule has 0 radical (unpaired) electrons. The molecule has 0 unspecified atom stereocenters. The lowest BCUT2D eigenvalue weighted by molar-refractivity contribution is 0.102. The minimum atomic E-state index is -0.139. The third kappa shape index (κ3) is 2.20. The highest BCUT2D eigenvalue weighted by Gasteiger charge is 2.08. The number of benzene rings is 2. The van der Waals surface area contributed by atoms with Gasteiger partial charge < -0.3 is 10.3 Å². The molecule has 106 valence electrons. The number of nitrogens with zero attached hydrogens (tertiary/aromatic N) is 1. The fraction of sp³-hybridized carbons (Fsp3) is 0. The van der Waals surface area contributed by atoms with Crippen LogP contribution in [0.25, 0.3) is 21.8 Å². The highest BCUT2D eigenvalue weighted by atomic mass is 16.1. The normalized spacial score (nSPS) is 10.9. The van der Waals surface area contributed by atoms with Crippen molar-refractivity contribution in [1.29, 1.82) is 0 Å². The van der Waals surface area contributed by atoms with Gasteiger partial charge in [-0.3, -0.25) is 9.78 Å². The molecule has 0 fully saturated rings. The number of H-pyrrole nitrogens is 1. The van der Waals surface area contributed by atoms with Crippen LogP contribution in [-0.2, 0) is 0 Å². The third-order valence-corrected chi connectivity index (χ3v) is 3.66. The quantitative estimate of drug-likeness (QED) is 0.586. The van der Waals surface area contributed by atoms with Crippen LogP contribution in [0, 0.1) is 0 Å². The van der Waals surface area contributed by atoms with Crippen LogP contribution in [0.1, 0.15) is 10.4 Å². The molecule has 2 heterocycles. The Morgan fingerprint density at radius 2 is 1.91 bits per heavy atom. The topological polar surface area (TPSA) is 57.8 Å². The summed E-state index contributed by atoms with van der Waals surface area (Å²) in [6, 6.07) is 17.3. The van der Waals surface area contributed by atoms with Gasteiger partial charge in [0.05, 0.1) is 17.4 Å². The highest BCUT2D eigenvalue weighted by molar-refractivity contribution is 6.06. The van der Waals surface area contributed by atoms with E-state index in [1.54, 1.807) is 6.20 Å². The Labute approximate surface area is 126 Å². The number of nitrogens with one attached hydrogen (secondary N) is 2. The first-order valence-corrected chi connectivity index (χ1v) is 7.03. The maximum Gasteiger partial charge on any atom is 0.255 e. The van der Waals surface area contributed by atoms with Crippen LogP contribution in [-0.4, -0.2) is 15.9 Å². The molecule has 4 rings (SSSR count). The molecule has 2 N–H and O–H groups in total.